The van der Waals surface area contributed by atoms with Crippen LogP contribution >= 0.6 is 0 Å². The molecule has 126 valence electrons. The molecule has 0 aliphatic heterocycles. The predicted molar refractivity (Wildman–Crippen MR) is 109 cm³/mol. The Labute approximate surface area is 155 Å². The highest BCUT2D eigenvalue weighted by atomic mass is 14.7. The van der Waals surface area contributed by atoms with Gasteiger partial charge in [0.15, 0.2) is 0 Å². The molecule has 0 aliphatic carbocycles. The van der Waals surface area contributed by atoms with E-state index in [0.717, 1.165) is 17.7 Å². The van der Waals surface area contributed by atoms with Crippen molar-refractivity contribution in [3.8, 4) is 22.4 Å². The van der Waals surface area contributed by atoms with Gasteiger partial charge < -0.3 is 0 Å². The zero-order chi connectivity index (χ0) is 17.8. The average Bonchev–Trinajstić information content (AvgIpc) is 2.70. The highest BCUT2D eigenvalue weighted by Crippen LogP contribution is 2.28. The van der Waals surface area contributed by atoms with Crippen LogP contribution in [0.3, 0.4) is 0 Å². The third-order valence-electron chi connectivity index (χ3n) is 4.66. The van der Waals surface area contributed by atoms with E-state index < -0.39 is 0 Å². The Balaban J connectivity index is 1.69. The van der Waals surface area contributed by atoms with Crippen LogP contribution in [0.4, 0.5) is 0 Å². The lowest BCUT2D eigenvalue weighted by molar-refractivity contribution is 1.19. The molecular weight excluding hydrogens is 314 g/mol. The highest BCUT2D eigenvalue weighted by Gasteiger charge is 2.07. The van der Waals surface area contributed by atoms with Gasteiger partial charge in [-0.2, -0.15) is 0 Å². The smallest absolute Gasteiger partial charge is 0.0708 e. The van der Waals surface area contributed by atoms with E-state index in [1.54, 1.807) is 0 Å². The Kier molecular flexibility index (Phi) is 4.61. The zero-order valence-corrected chi connectivity index (χ0v) is 14.9. The Bertz CT molecular complexity index is 1000. The first-order chi connectivity index (χ1) is 12.8. The van der Waals surface area contributed by atoms with Crippen LogP contribution in [0, 0.1) is 6.92 Å². The minimum Gasteiger partial charge on any atom is -0.256 e. The van der Waals surface area contributed by atoms with Crippen LogP contribution in [0.2, 0.25) is 0 Å². The Hall–Kier alpha value is -3.19. The molecule has 1 heterocycles. The van der Waals surface area contributed by atoms with Crippen molar-refractivity contribution in [1.82, 2.24) is 4.98 Å². The number of benzene rings is 3. The van der Waals surface area contributed by atoms with E-state index >= 15 is 0 Å². The first-order valence-electron chi connectivity index (χ1n) is 8.95. The van der Waals surface area contributed by atoms with Gasteiger partial charge in [-0.05, 0) is 53.3 Å². The molecule has 0 fully saturated rings. The van der Waals surface area contributed by atoms with Gasteiger partial charge >= 0.3 is 0 Å². The second-order valence-corrected chi connectivity index (χ2v) is 6.61. The first kappa shape index (κ1) is 16.3. The first-order valence-corrected chi connectivity index (χ1v) is 8.95. The lowest BCUT2D eigenvalue weighted by Gasteiger charge is -2.10. The molecule has 0 amide bonds. The van der Waals surface area contributed by atoms with Crippen molar-refractivity contribution in [2.24, 2.45) is 0 Å². The van der Waals surface area contributed by atoms with Crippen LogP contribution in [-0.4, -0.2) is 4.98 Å². The Morgan fingerprint density at radius 3 is 2.08 bits per heavy atom. The van der Waals surface area contributed by atoms with Gasteiger partial charge in [-0.1, -0.05) is 78.9 Å². The molecule has 4 rings (SSSR count). The summed E-state index contributed by atoms with van der Waals surface area (Å²) in [4.78, 5) is 4.68. The number of hydrogen-bond acceptors (Lipinski definition) is 1. The molecule has 0 unspecified atom stereocenters. The maximum absolute atomic E-state index is 4.68. The molecule has 0 aliphatic rings. The number of hydrogen-bond donors (Lipinski definition) is 0. The lowest BCUT2D eigenvalue weighted by Crippen LogP contribution is -1.92. The topological polar surface area (TPSA) is 12.9 Å². The SMILES string of the molecule is Cc1cnc(-c2cccc(Cc3ccccc3)c2)cc1-c1ccccc1. The maximum atomic E-state index is 4.68. The van der Waals surface area contributed by atoms with Gasteiger partial charge in [0, 0.05) is 11.8 Å². The van der Waals surface area contributed by atoms with Crippen LogP contribution < -0.4 is 0 Å². The van der Waals surface area contributed by atoms with Crippen molar-refractivity contribution in [2.75, 3.05) is 0 Å². The molecule has 0 radical (unpaired) electrons. The molecule has 0 atom stereocenters. The summed E-state index contributed by atoms with van der Waals surface area (Å²) in [6, 6.07) is 32.0. The third kappa shape index (κ3) is 3.57. The van der Waals surface area contributed by atoms with E-state index in [4.69, 9.17) is 0 Å². The second-order valence-electron chi connectivity index (χ2n) is 6.61. The summed E-state index contributed by atoms with van der Waals surface area (Å²) >= 11 is 0. The van der Waals surface area contributed by atoms with E-state index in [1.165, 1.54) is 27.8 Å². The predicted octanol–water partition coefficient (Wildman–Crippen LogP) is 6.31. The van der Waals surface area contributed by atoms with Gasteiger partial charge in [0.1, 0.15) is 0 Å². The quantitative estimate of drug-likeness (QED) is 0.425. The molecule has 0 N–H and O–H groups in total. The van der Waals surface area contributed by atoms with E-state index in [-0.39, 0.29) is 0 Å². The van der Waals surface area contributed by atoms with Crippen molar-refractivity contribution in [3.05, 3.63) is 114 Å². The van der Waals surface area contributed by atoms with Gasteiger partial charge in [0.25, 0.3) is 0 Å². The summed E-state index contributed by atoms with van der Waals surface area (Å²) < 4.78 is 0. The van der Waals surface area contributed by atoms with Gasteiger partial charge in [-0.25, -0.2) is 0 Å². The second kappa shape index (κ2) is 7.37. The van der Waals surface area contributed by atoms with Gasteiger partial charge in [0.05, 0.1) is 5.69 Å². The minimum atomic E-state index is 0.937. The fraction of sp³-hybridized carbons (Fsp3) is 0.0800. The van der Waals surface area contributed by atoms with Gasteiger partial charge in [-0.15, -0.1) is 0 Å². The standard InChI is InChI=1S/C25H21N/c1-19-18-26-25(17-24(19)22-12-6-3-7-13-22)23-14-8-11-21(16-23)15-20-9-4-2-5-10-20/h2-14,16-18H,15H2,1H3. The summed E-state index contributed by atoms with van der Waals surface area (Å²) in [7, 11) is 0. The summed E-state index contributed by atoms with van der Waals surface area (Å²) in [5, 5.41) is 0. The Morgan fingerprint density at radius 2 is 1.31 bits per heavy atom. The molecule has 4 aromatic rings. The summed E-state index contributed by atoms with van der Waals surface area (Å²) in [6.45, 7) is 2.12. The molecular formula is C25H21N. The normalized spacial score (nSPS) is 10.7. The van der Waals surface area contributed by atoms with Crippen LogP contribution in [-0.2, 0) is 6.42 Å². The summed E-state index contributed by atoms with van der Waals surface area (Å²) in [6.07, 6.45) is 2.91. The third-order valence-corrected chi connectivity index (χ3v) is 4.66. The van der Waals surface area contributed by atoms with Crippen molar-refractivity contribution in [3.63, 3.8) is 0 Å². The number of aromatic nitrogens is 1. The van der Waals surface area contributed by atoms with E-state index in [1.807, 2.05) is 12.3 Å². The van der Waals surface area contributed by atoms with Crippen LogP contribution in [0.25, 0.3) is 22.4 Å². The van der Waals surface area contributed by atoms with Crippen molar-refractivity contribution in [1.29, 1.82) is 0 Å². The van der Waals surface area contributed by atoms with Gasteiger partial charge in [0.2, 0.25) is 0 Å². The fourth-order valence-corrected chi connectivity index (χ4v) is 3.28. The van der Waals surface area contributed by atoms with E-state index in [9.17, 15) is 0 Å². The highest BCUT2D eigenvalue weighted by molar-refractivity contribution is 5.73. The van der Waals surface area contributed by atoms with E-state index in [2.05, 4.69) is 96.8 Å². The molecule has 1 aromatic heterocycles. The van der Waals surface area contributed by atoms with Crippen molar-refractivity contribution < 1.29 is 0 Å². The van der Waals surface area contributed by atoms with E-state index in [0.29, 0.717) is 0 Å². The number of aryl methyl sites for hydroxylation is 1. The van der Waals surface area contributed by atoms with Crippen LogP contribution in [0.15, 0.2) is 97.2 Å². The molecule has 1 heteroatoms. The zero-order valence-electron chi connectivity index (χ0n) is 14.9. The number of pyridine rings is 1. The maximum Gasteiger partial charge on any atom is 0.0708 e. The minimum absolute atomic E-state index is 0.937. The number of rotatable bonds is 4. The molecule has 0 saturated carbocycles. The van der Waals surface area contributed by atoms with Crippen LogP contribution in [0.1, 0.15) is 16.7 Å². The molecule has 0 saturated heterocycles. The van der Waals surface area contributed by atoms with Crippen molar-refractivity contribution >= 4 is 0 Å². The molecule has 3 aromatic carbocycles. The fourth-order valence-electron chi connectivity index (χ4n) is 3.28. The monoisotopic (exact) mass is 335 g/mol. The largest absolute Gasteiger partial charge is 0.256 e. The molecule has 26 heavy (non-hydrogen) atoms. The average molecular weight is 335 g/mol. The van der Waals surface area contributed by atoms with Gasteiger partial charge in [-0.3, -0.25) is 4.98 Å². The molecule has 0 bridgehead atoms. The molecule has 1 nitrogen and oxygen atoms in total. The number of nitrogens with zero attached hydrogens (tertiary/aromatic N) is 1. The van der Waals surface area contributed by atoms with Crippen LogP contribution in [0.5, 0.6) is 0 Å². The molecule has 0 spiro atoms. The Morgan fingerprint density at radius 1 is 0.654 bits per heavy atom. The lowest BCUT2D eigenvalue weighted by atomic mass is 9.98. The summed E-state index contributed by atoms with van der Waals surface area (Å²) in [5.74, 6) is 0. The van der Waals surface area contributed by atoms with Crippen molar-refractivity contribution in [2.45, 2.75) is 13.3 Å². The summed E-state index contributed by atoms with van der Waals surface area (Å²) in [5.41, 5.74) is 8.47.